The van der Waals surface area contributed by atoms with Gasteiger partial charge in [0.15, 0.2) is 0 Å². The molecule has 0 aromatic heterocycles. The molecule has 0 unspecified atom stereocenters. The molecule has 0 aliphatic carbocycles. The maximum absolute atomic E-state index is 2.70. The second-order valence-electron chi connectivity index (χ2n) is 5.32. The molecular weight excluding hydrogens is 201 g/mol. The van der Waals surface area contributed by atoms with Gasteiger partial charge in [-0.1, -0.05) is 0 Å². The molecule has 0 spiro atoms. The van der Waals surface area contributed by atoms with Crippen LogP contribution in [0.2, 0.25) is 5.09 Å². The fourth-order valence-electron chi connectivity index (χ4n) is 2.24. The van der Waals surface area contributed by atoms with Crippen LogP contribution in [0.3, 0.4) is 0 Å². The van der Waals surface area contributed by atoms with Crippen LogP contribution in [0, 0.1) is 0 Å². The standard InChI is InChI=1S/C15H32N.Li/c1-4-7-9-11-14-16(13-6-3)15-12-10-8-5-2;/h3-15H2,1-2H3;. The van der Waals surface area contributed by atoms with Gasteiger partial charge in [0.2, 0.25) is 0 Å². The van der Waals surface area contributed by atoms with Crippen LogP contribution in [-0.4, -0.2) is 42.2 Å². The molecule has 0 bridgehead atoms. The van der Waals surface area contributed by atoms with E-state index in [0.29, 0.717) is 0 Å². The second kappa shape index (κ2) is 14.6. The van der Waals surface area contributed by atoms with Crippen molar-refractivity contribution in [1.29, 1.82) is 0 Å². The fraction of sp³-hybridized carbons (Fsp3) is 1.00. The summed E-state index contributed by atoms with van der Waals surface area (Å²) in [5.74, 6) is 0. The SMILES string of the molecule is [Li][CH2]CCN(CCCCCC)CCCCCC. The van der Waals surface area contributed by atoms with Gasteiger partial charge in [0, 0.05) is 0 Å². The zero-order valence-corrected chi connectivity index (χ0v) is 12.6. The third-order valence-corrected chi connectivity index (χ3v) is 3.48. The molecule has 0 aliphatic heterocycles. The second-order valence-corrected chi connectivity index (χ2v) is 5.32. The summed E-state index contributed by atoms with van der Waals surface area (Å²) >= 11 is 2.30. The number of hydrogen-bond acceptors (Lipinski definition) is 1. The van der Waals surface area contributed by atoms with Crippen LogP contribution in [0.1, 0.15) is 71.6 Å². The van der Waals surface area contributed by atoms with E-state index in [-0.39, 0.29) is 0 Å². The summed E-state index contributed by atoms with van der Waals surface area (Å²) in [6.07, 6.45) is 12.6. The molecular formula is C15H32LiN. The molecule has 2 heteroatoms. The van der Waals surface area contributed by atoms with Gasteiger partial charge in [-0.2, -0.15) is 0 Å². The summed E-state index contributed by atoms with van der Waals surface area (Å²) < 4.78 is 0. The zero-order chi connectivity index (χ0) is 12.8. The van der Waals surface area contributed by atoms with Crippen molar-refractivity contribution in [3.05, 3.63) is 0 Å². The molecule has 0 fully saturated rings. The Balaban J connectivity index is 3.56. The van der Waals surface area contributed by atoms with Crippen molar-refractivity contribution in [2.45, 2.75) is 76.7 Å². The first-order chi connectivity index (χ1) is 8.35. The molecule has 98 valence electrons. The Kier molecular flexibility index (Phi) is 15.1. The normalized spacial score (nSPS) is 11.4. The fourth-order valence-corrected chi connectivity index (χ4v) is 2.24. The van der Waals surface area contributed by atoms with E-state index >= 15 is 0 Å². The zero-order valence-electron chi connectivity index (χ0n) is 12.6. The van der Waals surface area contributed by atoms with E-state index in [2.05, 4.69) is 36.5 Å². The third kappa shape index (κ3) is 12.8. The first-order valence-electron chi connectivity index (χ1n) is 8.07. The van der Waals surface area contributed by atoms with Crippen molar-refractivity contribution in [1.82, 2.24) is 4.90 Å². The van der Waals surface area contributed by atoms with Crippen molar-refractivity contribution in [3.63, 3.8) is 0 Å². The van der Waals surface area contributed by atoms with Crippen LogP contribution in [0.5, 0.6) is 0 Å². The quantitative estimate of drug-likeness (QED) is 0.336. The van der Waals surface area contributed by atoms with E-state index in [4.69, 9.17) is 0 Å². The molecule has 17 heavy (non-hydrogen) atoms. The molecule has 0 aliphatic rings. The minimum atomic E-state index is 1.33. The Morgan fingerprint density at radius 2 is 1.12 bits per heavy atom. The van der Waals surface area contributed by atoms with Crippen molar-refractivity contribution in [3.8, 4) is 0 Å². The molecule has 0 aromatic carbocycles. The number of hydrogen-bond donors (Lipinski definition) is 0. The Morgan fingerprint density at radius 1 is 0.647 bits per heavy atom. The van der Waals surface area contributed by atoms with Crippen molar-refractivity contribution in [2.24, 2.45) is 0 Å². The van der Waals surface area contributed by atoms with Crippen LogP contribution < -0.4 is 0 Å². The average Bonchev–Trinajstić information content (AvgIpc) is 2.35. The monoisotopic (exact) mass is 233 g/mol. The summed E-state index contributed by atoms with van der Waals surface area (Å²) in [7, 11) is 0. The summed E-state index contributed by atoms with van der Waals surface area (Å²) in [6.45, 7) is 8.59. The maximum atomic E-state index is 2.70. The average molecular weight is 233 g/mol. The Morgan fingerprint density at radius 3 is 1.53 bits per heavy atom. The molecule has 0 radical (unpaired) electrons. The summed E-state index contributed by atoms with van der Waals surface area (Å²) in [6, 6.07) is 0. The van der Waals surface area contributed by atoms with Crippen LogP contribution in [-0.2, 0) is 0 Å². The molecule has 0 saturated heterocycles. The molecule has 0 atom stereocenters. The predicted molar refractivity (Wildman–Crippen MR) is 79.9 cm³/mol. The van der Waals surface area contributed by atoms with Crippen molar-refractivity contribution >= 4 is 17.7 Å². The Hall–Kier alpha value is 0.557. The van der Waals surface area contributed by atoms with E-state index in [0.717, 1.165) is 0 Å². The molecule has 0 saturated carbocycles. The van der Waals surface area contributed by atoms with Gasteiger partial charge in [0.25, 0.3) is 0 Å². The van der Waals surface area contributed by atoms with Gasteiger partial charge in [-0.25, -0.2) is 0 Å². The van der Waals surface area contributed by atoms with Crippen LogP contribution >= 0.6 is 0 Å². The van der Waals surface area contributed by atoms with Gasteiger partial charge < -0.3 is 0 Å². The minimum absolute atomic E-state index is 1.33. The summed E-state index contributed by atoms with van der Waals surface area (Å²) in [4.78, 5) is 2.70. The van der Waals surface area contributed by atoms with Crippen LogP contribution in [0.15, 0.2) is 0 Å². The number of nitrogens with zero attached hydrogens (tertiary/aromatic N) is 1. The first kappa shape index (κ1) is 17.6. The van der Waals surface area contributed by atoms with Gasteiger partial charge in [-0.05, 0) is 0 Å². The first-order valence-corrected chi connectivity index (χ1v) is 8.07. The molecule has 0 heterocycles. The topological polar surface area (TPSA) is 3.24 Å². The van der Waals surface area contributed by atoms with E-state index in [1.807, 2.05) is 0 Å². The molecule has 0 amide bonds. The Labute approximate surface area is 119 Å². The predicted octanol–water partition coefficient (Wildman–Crippen LogP) is 4.43. The van der Waals surface area contributed by atoms with Crippen molar-refractivity contribution < 1.29 is 0 Å². The molecule has 0 rings (SSSR count). The third-order valence-electron chi connectivity index (χ3n) is 3.48. The van der Waals surface area contributed by atoms with E-state index in [1.54, 1.807) is 0 Å². The van der Waals surface area contributed by atoms with E-state index < -0.39 is 0 Å². The van der Waals surface area contributed by atoms with Gasteiger partial charge in [0.1, 0.15) is 0 Å². The van der Waals surface area contributed by atoms with Crippen molar-refractivity contribution in [2.75, 3.05) is 19.6 Å². The van der Waals surface area contributed by atoms with E-state index in [9.17, 15) is 0 Å². The summed E-state index contributed by atoms with van der Waals surface area (Å²) in [5, 5.41) is 1.33. The number of rotatable bonds is 13. The summed E-state index contributed by atoms with van der Waals surface area (Å²) in [5.41, 5.74) is 0. The van der Waals surface area contributed by atoms with Crippen LogP contribution in [0.25, 0.3) is 0 Å². The van der Waals surface area contributed by atoms with Gasteiger partial charge in [-0.15, -0.1) is 0 Å². The van der Waals surface area contributed by atoms with Crippen LogP contribution in [0.4, 0.5) is 0 Å². The molecule has 0 N–H and O–H groups in total. The van der Waals surface area contributed by atoms with Gasteiger partial charge >= 0.3 is 119 Å². The Bertz CT molecular complexity index is 127. The molecule has 1 nitrogen and oxygen atoms in total. The van der Waals surface area contributed by atoms with Gasteiger partial charge in [-0.3, -0.25) is 0 Å². The van der Waals surface area contributed by atoms with E-state index in [1.165, 1.54) is 82.5 Å². The molecule has 0 aromatic rings. The number of unbranched alkanes of at least 4 members (excludes halogenated alkanes) is 6. The van der Waals surface area contributed by atoms with Gasteiger partial charge in [0.05, 0.1) is 0 Å².